The fraction of sp³-hybridized carbons (Fsp3) is 0.333. The second kappa shape index (κ2) is 6.32. The molecule has 2 aliphatic heterocycles. The highest BCUT2D eigenvalue weighted by Crippen LogP contribution is 2.44. The lowest BCUT2D eigenvalue weighted by molar-refractivity contribution is -0.139. The number of halogens is 1. The first kappa shape index (κ1) is 16.6. The maximum atomic E-state index is 12.6. The van der Waals surface area contributed by atoms with Crippen LogP contribution in [0.15, 0.2) is 46.8 Å². The van der Waals surface area contributed by atoms with Gasteiger partial charge < -0.3 is 14.4 Å². The summed E-state index contributed by atoms with van der Waals surface area (Å²) in [7, 11) is 1.82. The number of hydrogen-bond donors (Lipinski definition) is 0. The van der Waals surface area contributed by atoms with Gasteiger partial charge >= 0.3 is 11.9 Å². The Bertz CT molecular complexity index is 781. The summed E-state index contributed by atoms with van der Waals surface area (Å²) in [6, 6.07) is 7.17. The minimum Gasteiger partial charge on any atom is -0.463 e. The van der Waals surface area contributed by atoms with Crippen LogP contribution in [0.1, 0.15) is 25.3 Å². The van der Waals surface area contributed by atoms with E-state index in [1.54, 1.807) is 25.1 Å². The van der Waals surface area contributed by atoms with E-state index >= 15 is 0 Å². The summed E-state index contributed by atoms with van der Waals surface area (Å²) in [5.74, 6) is -1.38. The number of likely N-dealkylation sites (N-methyl/N-ethyl adjacent to an activating group) is 1. The summed E-state index contributed by atoms with van der Waals surface area (Å²) in [6.45, 7) is 4.06. The summed E-state index contributed by atoms with van der Waals surface area (Å²) in [6.07, 6.45) is 0. The molecule has 1 unspecified atom stereocenters. The van der Waals surface area contributed by atoms with Crippen molar-refractivity contribution in [3.8, 4) is 0 Å². The molecule has 1 aromatic rings. The van der Waals surface area contributed by atoms with Crippen LogP contribution in [-0.2, 0) is 19.1 Å². The van der Waals surface area contributed by atoms with Crippen LogP contribution in [0.25, 0.3) is 0 Å². The molecule has 5 nitrogen and oxygen atoms in total. The van der Waals surface area contributed by atoms with Crippen molar-refractivity contribution in [1.29, 1.82) is 0 Å². The van der Waals surface area contributed by atoms with Gasteiger partial charge in [0.25, 0.3) is 0 Å². The number of rotatable bonds is 3. The first-order valence-electron chi connectivity index (χ1n) is 7.73. The van der Waals surface area contributed by atoms with E-state index in [1.807, 2.05) is 24.9 Å². The molecular formula is C18H18ClNO4. The fourth-order valence-corrected chi connectivity index (χ4v) is 3.40. The van der Waals surface area contributed by atoms with Gasteiger partial charge in [-0.25, -0.2) is 9.59 Å². The van der Waals surface area contributed by atoms with Crippen LogP contribution in [0.3, 0.4) is 0 Å². The minimum absolute atomic E-state index is 0.204. The van der Waals surface area contributed by atoms with Crippen LogP contribution in [0.2, 0.25) is 5.02 Å². The van der Waals surface area contributed by atoms with Gasteiger partial charge in [0.05, 0.1) is 29.4 Å². The van der Waals surface area contributed by atoms with E-state index in [9.17, 15) is 9.59 Å². The molecule has 0 N–H and O–H groups in total. The minimum atomic E-state index is -0.538. The molecule has 0 aliphatic carbocycles. The molecule has 0 saturated heterocycles. The first-order chi connectivity index (χ1) is 11.5. The first-order valence-corrected chi connectivity index (χ1v) is 8.10. The number of nitrogens with zero attached hydrogens (tertiary/aromatic N) is 1. The summed E-state index contributed by atoms with van der Waals surface area (Å²) in [5, 5.41) is 0.542. The lowest BCUT2D eigenvalue weighted by Gasteiger charge is -2.33. The Morgan fingerprint density at radius 3 is 2.88 bits per heavy atom. The van der Waals surface area contributed by atoms with Gasteiger partial charge in [0.1, 0.15) is 6.61 Å². The number of ether oxygens (including phenoxy) is 2. The largest absolute Gasteiger partial charge is 0.463 e. The van der Waals surface area contributed by atoms with Crippen molar-refractivity contribution in [1.82, 2.24) is 4.90 Å². The summed E-state index contributed by atoms with van der Waals surface area (Å²) >= 11 is 6.12. The van der Waals surface area contributed by atoms with Crippen molar-refractivity contribution in [3.05, 3.63) is 57.4 Å². The highest BCUT2D eigenvalue weighted by atomic mass is 35.5. The Hall–Kier alpha value is -2.27. The van der Waals surface area contributed by atoms with Crippen molar-refractivity contribution < 1.29 is 19.1 Å². The van der Waals surface area contributed by atoms with E-state index in [1.165, 1.54) is 0 Å². The van der Waals surface area contributed by atoms with Crippen molar-refractivity contribution >= 4 is 23.5 Å². The average Bonchev–Trinajstić information content (AvgIpc) is 2.92. The molecule has 24 heavy (non-hydrogen) atoms. The van der Waals surface area contributed by atoms with Crippen LogP contribution < -0.4 is 0 Å². The molecule has 2 aliphatic rings. The zero-order valence-electron chi connectivity index (χ0n) is 13.8. The monoisotopic (exact) mass is 347 g/mol. The topological polar surface area (TPSA) is 55.8 Å². The maximum absolute atomic E-state index is 12.6. The normalized spacial score (nSPS) is 20.2. The Labute approximate surface area is 145 Å². The summed E-state index contributed by atoms with van der Waals surface area (Å²) in [4.78, 5) is 26.8. The lowest BCUT2D eigenvalue weighted by Crippen LogP contribution is -2.31. The molecule has 1 aromatic carbocycles. The third-order valence-corrected chi connectivity index (χ3v) is 4.66. The zero-order valence-corrected chi connectivity index (χ0v) is 14.5. The third kappa shape index (κ3) is 2.59. The number of cyclic esters (lactones) is 1. The SMILES string of the molecule is CCOC(=O)C1=C(C)N(C)C2=C(C(=O)OC2)C1c1cccc(Cl)c1. The molecule has 0 aromatic heterocycles. The van der Waals surface area contributed by atoms with Gasteiger partial charge in [-0.05, 0) is 31.5 Å². The Morgan fingerprint density at radius 2 is 2.21 bits per heavy atom. The molecular weight excluding hydrogens is 330 g/mol. The van der Waals surface area contributed by atoms with Crippen LogP contribution in [0.4, 0.5) is 0 Å². The van der Waals surface area contributed by atoms with Crippen molar-refractivity contribution in [3.63, 3.8) is 0 Å². The predicted octanol–water partition coefficient (Wildman–Crippen LogP) is 3.02. The number of carbonyl (C=O) groups is 2. The molecule has 0 spiro atoms. The second-order valence-electron chi connectivity index (χ2n) is 5.70. The van der Waals surface area contributed by atoms with E-state index in [-0.39, 0.29) is 13.2 Å². The van der Waals surface area contributed by atoms with Crippen molar-refractivity contribution in [2.75, 3.05) is 20.3 Å². The van der Waals surface area contributed by atoms with E-state index in [4.69, 9.17) is 21.1 Å². The van der Waals surface area contributed by atoms with E-state index in [2.05, 4.69) is 0 Å². The predicted molar refractivity (Wildman–Crippen MR) is 89.3 cm³/mol. The van der Waals surface area contributed by atoms with E-state index in [0.717, 1.165) is 17.0 Å². The Balaban J connectivity index is 2.21. The van der Waals surface area contributed by atoms with Gasteiger partial charge in [-0.2, -0.15) is 0 Å². The molecule has 126 valence electrons. The van der Waals surface area contributed by atoms with Crippen LogP contribution >= 0.6 is 11.6 Å². The van der Waals surface area contributed by atoms with Gasteiger partial charge in [0.2, 0.25) is 0 Å². The third-order valence-electron chi connectivity index (χ3n) is 4.42. The quantitative estimate of drug-likeness (QED) is 0.787. The van der Waals surface area contributed by atoms with Crippen molar-refractivity contribution in [2.45, 2.75) is 19.8 Å². The van der Waals surface area contributed by atoms with Gasteiger partial charge in [-0.1, -0.05) is 23.7 Å². The zero-order chi connectivity index (χ0) is 17.4. The summed E-state index contributed by atoms with van der Waals surface area (Å²) < 4.78 is 10.5. The standard InChI is InChI=1S/C18H18ClNO4/c1-4-23-17(21)14-10(2)20(3)13-9-24-18(22)16(13)15(14)11-6-5-7-12(19)8-11/h5-8,15H,4,9H2,1-3H3. The fourth-order valence-electron chi connectivity index (χ4n) is 3.20. The summed E-state index contributed by atoms with van der Waals surface area (Å²) in [5.41, 5.74) is 3.21. The molecule has 0 bridgehead atoms. The smallest absolute Gasteiger partial charge is 0.337 e. The van der Waals surface area contributed by atoms with Crippen LogP contribution in [0, 0.1) is 0 Å². The van der Waals surface area contributed by atoms with Gasteiger partial charge in [-0.3, -0.25) is 0 Å². The van der Waals surface area contributed by atoms with Crippen LogP contribution in [0.5, 0.6) is 0 Å². The Morgan fingerprint density at radius 1 is 1.46 bits per heavy atom. The molecule has 1 atom stereocenters. The number of carbonyl (C=O) groups excluding carboxylic acids is 2. The number of hydrogen-bond acceptors (Lipinski definition) is 5. The molecule has 0 saturated carbocycles. The van der Waals surface area contributed by atoms with Crippen molar-refractivity contribution in [2.24, 2.45) is 0 Å². The van der Waals surface area contributed by atoms with Gasteiger partial charge in [0.15, 0.2) is 0 Å². The second-order valence-corrected chi connectivity index (χ2v) is 6.14. The highest BCUT2D eigenvalue weighted by Gasteiger charge is 2.43. The molecule has 0 radical (unpaired) electrons. The molecule has 0 fully saturated rings. The highest BCUT2D eigenvalue weighted by molar-refractivity contribution is 6.30. The number of esters is 2. The Kier molecular flexibility index (Phi) is 4.37. The van der Waals surface area contributed by atoms with Gasteiger partial charge in [-0.15, -0.1) is 0 Å². The molecule has 3 rings (SSSR count). The maximum Gasteiger partial charge on any atom is 0.337 e. The number of allylic oxidation sites excluding steroid dienone is 1. The molecule has 0 amide bonds. The average molecular weight is 348 g/mol. The number of benzene rings is 1. The lowest BCUT2D eigenvalue weighted by atomic mass is 9.80. The molecule has 6 heteroatoms. The van der Waals surface area contributed by atoms with E-state index in [0.29, 0.717) is 16.2 Å². The van der Waals surface area contributed by atoms with Gasteiger partial charge in [0, 0.05) is 17.8 Å². The molecule has 2 heterocycles. The van der Waals surface area contributed by atoms with Crippen LogP contribution in [-0.4, -0.2) is 37.1 Å². The van der Waals surface area contributed by atoms with E-state index < -0.39 is 17.9 Å².